The average Bonchev–Trinajstić information content (AvgIpc) is 3.25. The fourth-order valence-electron chi connectivity index (χ4n) is 3.40. The first-order chi connectivity index (χ1) is 13.9. The van der Waals surface area contributed by atoms with Crippen molar-refractivity contribution < 1.29 is 4.79 Å². The largest absolute Gasteiger partial charge is 0.325 e. The summed E-state index contributed by atoms with van der Waals surface area (Å²) in [6, 6.07) is 6.03. The standard InChI is InChI=1S/C22H28N4OS2/c1-6-10-26-21(18-12-28-16(5)17(18)7-2)24-25-22(26)29-13-20(27)23-19-9-8-14(3)11-15(19)4/h8-9,11-12H,6-7,10,13H2,1-5H3,(H,23,27). The molecule has 0 spiro atoms. The number of anilines is 1. The summed E-state index contributed by atoms with van der Waals surface area (Å²) in [5, 5.41) is 14.9. The van der Waals surface area contributed by atoms with Crippen molar-refractivity contribution in [3.63, 3.8) is 0 Å². The van der Waals surface area contributed by atoms with Gasteiger partial charge in [-0.3, -0.25) is 4.79 Å². The highest BCUT2D eigenvalue weighted by atomic mass is 32.2. The Bertz CT molecular complexity index is 1010. The number of carbonyl (C=O) groups excluding carboxylic acids is 1. The Morgan fingerprint density at radius 3 is 2.69 bits per heavy atom. The van der Waals surface area contributed by atoms with Crippen LogP contribution in [-0.2, 0) is 17.8 Å². The molecule has 0 saturated heterocycles. The lowest BCUT2D eigenvalue weighted by Crippen LogP contribution is -2.15. The molecule has 0 aliphatic carbocycles. The number of nitrogens with zero attached hydrogens (tertiary/aromatic N) is 3. The zero-order valence-corrected chi connectivity index (χ0v) is 19.3. The molecule has 0 saturated carbocycles. The minimum atomic E-state index is -0.0322. The molecule has 2 heterocycles. The highest BCUT2D eigenvalue weighted by molar-refractivity contribution is 7.99. The van der Waals surface area contributed by atoms with Crippen molar-refractivity contribution in [1.29, 1.82) is 0 Å². The first-order valence-electron chi connectivity index (χ1n) is 9.95. The number of benzene rings is 1. The van der Waals surface area contributed by atoms with E-state index in [1.54, 1.807) is 11.3 Å². The summed E-state index contributed by atoms with van der Waals surface area (Å²) in [4.78, 5) is 13.8. The van der Waals surface area contributed by atoms with Crippen molar-refractivity contribution in [1.82, 2.24) is 14.8 Å². The molecule has 29 heavy (non-hydrogen) atoms. The molecule has 0 atom stereocenters. The molecule has 1 amide bonds. The van der Waals surface area contributed by atoms with Crippen LogP contribution < -0.4 is 5.32 Å². The number of thiophene rings is 1. The summed E-state index contributed by atoms with van der Waals surface area (Å²) in [5.74, 6) is 1.18. The van der Waals surface area contributed by atoms with Gasteiger partial charge in [-0.25, -0.2) is 0 Å². The summed E-state index contributed by atoms with van der Waals surface area (Å²) in [5.41, 5.74) is 5.62. The number of aromatic nitrogens is 3. The van der Waals surface area contributed by atoms with Gasteiger partial charge in [-0.2, -0.15) is 0 Å². The van der Waals surface area contributed by atoms with Crippen LogP contribution in [0, 0.1) is 20.8 Å². The van der Waals surface area contributed by atoms with E-state index in [0.717, 1.165) is 41.6 Å². The predicted molar refractivity (Wildman–Crippen MR) is 123 cm³/mol. The quantitative estimate of drug-likeness (QED) is 0.472. The normalized spacial score (nSPS) is 11.1. The summed E-state index contributed by atoms with van der Waals surface area (Å²) >= 11 is 3.20. The highest BCUT2D eigenvalue weighted by Gasteiger charge is 2.19. The molecule has 2 aromatic heterocycles. The number of nitrogens with one attached hydrogen (secondary N) is 1. The highest BCUT2D eigenvalue weighted by Crippen LogP contribution is 2.32. The minimum Gasteiger partial charge on any atom is -0.325 e. The average molecular weight is 429 g/mol. The van der Waals surface area contributed by atoms with Gasteiger partial charge in [-0.15, -0.1) is 21.5 Å². The number of thioether (sulfide) groups is 1. The van der Waals surface area contributed by atoms with Crippen LogP contribution in [0.1, 0.15) is 41.8 Å². The summed E-state index contributed by atoms with van der Waals surface area (Å²) in [6.07, 6.45) is 1.96. The first-order valence-corrected chi connectivity index (χ1v) is 11.8. The molecule has 0 aliphatic heterocycles. The summed E-state index contributed by atoms with van der Waals surface area (Å²) in [7, 11) is 0. The van der Waals surface area contributed by atoms with E-state index in [4.69, 9.17) is 0 Å². The maximum atomic E-state index is 12.5. The number of hydrogen-bond donors (Lipinski definition) is 1. The first kappa shape index (κ1) is 21.6. The van der Waals surface area contributed by atoms with Gasteiger partial charge in [0.1, 0.15) is 0 Å². The number of hydrogen-bond acceptors (Lipinski definition) is 5. The van der Waals surface area contributed by atoms with Crippen molar-refractivity contribution in [2.24, 2.45) is 0 Å². The molecule has 3 rings (SSSR count). The molecule has 5 nitrogen and oxygen atoms in total. The maximum Gasteiger partial charge on any atom is 0.234 e. The Morgan fingerprint density at radius 2 is 2.00 bits per heavy atom. The van der Waals surface area contributed by atoms with Crippen LogP contribution in [0.2, 0.25) is 0 Å². The van der Waals surface area contributed by atoms with Gasteiger partial charge < -0.3 is 9.88 Å². The third-order valence-electron chi connectivity index (χ3n) is 4.85. The fraction of sp³-hybridized carbons (Fsp3) is 0.409. The molecule has 0 bridgehead atoms. The third-order valence-corrected chi connectivity index (χ3v) is 6.77. The molecule has 0 fully saturated rings. The van der Waals surface area contributed by atoms with E-state index in [2.05, 4.69) is 52.3 Å². The zero-order valence-electron chi connectivity index (χ0n) is 17.7. The van der Waals surface area contributed by atoms with Crippen LogP contribution in [0.3, 0.4) is 0 Å². The molecule has 0 aliphatic rings. The van der Waals surface area contributed by atoms with Gasteiger partial charge in [0.15, 0.2) is 11.0 Å². The van der Waals surface area contributed by atoms with E-state index >= 15 is 0 Å². The van der Waals surface area contributed by atoms with Crippen LogP contribution >= 0.6 is 23.1 Å². The predicted octanol–water partition coefficient (Wildman–Crippen LogP) is 5.64. The lowest BCUT2D eigenvalue weighted by Gasteiger charge is -2.11. The lowest BCUT2D eigenvalue weighted by atomic mass is 10.1. The fourth-order valence-corrected chi connectivity index (χ4v) is 5.10. The number of carbonyl (C=O) groups is 1. The lowest BCUT2D eigenvalue weighted by molar-refractivity contribution is -0.113. The Morgan fingerprint density at radius 1 is 1.21 bits per heavy atom. The van der Waals surface area contributed by atoms with Gasteiger partial charge in [0, 0.05) is 28.1 Å². The second-order valence-corrected chi connectivity index (χ2v) is 9.18. The van der Waals surface area contributed by atoms with Crippen LogP contribution in [0.15, 0.2) is 28.7 Å². The van der Waals surface area contributed by atoms with E-state index in [1.165, 1.54) is 33.3 Å². The van der Waals surface area contributed by atoms with E-state index in [9.17, 15) is 4.79 Å². The Hall–Kier alpha value is -2.12. The van der Waals surface area contributed by atoms with Gasteiger partial charge in [0.25, 0.3) is 0 Å². The molecular formula is C22H28N4OS2. The van der Waals surface area contributed by atoms with E-state index in [1.807, 2.05) is 26.0 Å². The smallest absolute Gasteiger partial charge is 0.234 e. The van der Waals surface area contributed by atoms with Gasteiger partial charge >= 0.3 is 0 Å². The second-order valence-electron chi connectivity index (χ2n) is 7.15. The number of rotatable bonds is 8. The van der Waals surface area contributed by atoms with Crippen molar-refractivity contribution in [2.45, 2.75) is 59.2 Å². The number of amides is 1. The van der Waals surface area contributed by atoms with Gasteiger partial charge in [-0.1, -0.05) is 43.3 Å². The van der Waals surface area contributed by atoms with Crippen molar-refractivity contribution in [3.05, 3.63) is 45.1 Å². The molecule has 0 radical (unpaired) electrons. The van der Waals surface area contributed by atoms with Crippen LogP contribution in [-0.4, -0.2) is 26.4 Å². The van der Waals surface area contributed by atoms with Gasteiger partial charge in [0.05, 0.1) is 5.75 Å². The van der Waals surface area contributed by atoms with Crippen LogP contribution in [0.5, 0.6) is 0 Å². The molecule has 3 aromatic rings. The Kier molecular flexibility index (Phi) is 7.14. The van der Waals surface area contributed by atoms with Gasteiger partial charge in [0.2, 0.25) is 5.91 Å². The molecule has 1 N–H and O–H groups in total. The molecule has 0 unspecified atom stereocenters. The maximum absolute atomic E-state index is 12.5. The second kappa shape index (κ2) is 9.59. The SMILES string of the molecule is CCCn1c(SCC(=O)Nc2ccc(C)cc2C)nnc1-c1csc(C)c1CC. The van der Waals surface area contributed by atoms with Crippen molar-refractivity contribution >= 4 is 34.7 Å². The van der Waals surface area contributed by atoms with Crippen molar-refractivity contribution in [2.75, 3.05) is 11.1 Å². The van der Waals surface area contributed by atoms with E-state index in [-0.39, 0.29) is 5.91 Å². The molecule has 154 valence electrons. The molecule has 1 aromatic carbocycles. The topological polar surface area (TPSA) is 59.8 Å². The van der Waals surface area contributed by atoms with Crippen LogP contribution in [0.4, 0.5) is 5.69 Å². The summed E-state index contributed by atoms with van der Waals surface area (Å²) < 4.78 is 2.15. The Balaban J connectivity index is 1.75. The Labute approximate surface area is 180 Å². The zero-order chi connectivity index (χ0) is 21.0. The van der Waals surface area contributed by atoms with E-state index < -0.39 is 0 Å². The van der Waals surface area contributed by atoms with Gasteiger partial charge in [-0.05, 0) is 50.8 Å². The monoisotopic (exact) mass is 428 g/mol. The van der Waals surface area contributed by atoms with Crippen molar-refractivity contribution in [3.8, 4) is 11.4 Å². The number of aryl methyl sites for hydroxylation is 3. The molecular weight excluding hydrogens is 400 g/mol. The minimum absolute atomic E-state index is 0.0322. The van der Waals surface area contributed by atoms with Crippen LogP contribution in [0.25, 0.3) is 11.4 Å². The molecule has 7 heteroatoms. The summed E-state index contributed by atoms with van der Waals surface area (Å²) in [6.45, 7) is 11.4. The van der Waals surface area contributed by atoms with E-state index in [0.29, 0.717) is 5.75 Å². The third kappa shape index (κ3) is 4.90.